The standard InChI is InChI=1S/C12H17NO2/c1-9-6-10(2)8-13(7-9)12(14)11-4-3-5-15-11/h3-5,9-10H,6-8H2,1-2H3. The van der Waals surface area contributed by atoms with E-state index in [0.717, 1.165) is 13.1 Å². The molecule has 3 nitrogen and oxygen atoms in total. The fraction of sp³-hybridized carbons (Fsp3) is 0.583. The summed E-state index contributed by atoms with van der Waals surface area (Å²) >= 11 is 0. The zero-order valence-electron chi connectivity index (χ0n) is 9.27. The fourth-order valence-electron chi connectivity index (χ4n) is 2.38. The van der Waals surface area contributed by atoms with Gasteiger partial charge in [-0.05, 0) is 30.4 Å². The lowest BCUT2D eigenvalue weighted by Gasteiger charge is -2.34. The largest absolute Gasteiger partial charge is 0.459 e. The van der Waals surface area contributed by atoms with Crippen molar-refractivity contribution in [2.45, 2.75) is 20.3 Å². The van der Waals surface area contributed by atoms with E-state index in [-0.39, 0.29) is 5.91 Å². The Balaban J connectivity index is 2.07. The van der Waals surface area contributed by atoms with Crippen LogP contribution in [0.15, 0.2) is 22.8 Å². The van der Waals surface area contributed by atoms with Crippen LogP contribution >= 0.6 is 0 Å². The lowest BCUT2D eigenvalue weighted by atomic mass is 9.92. The van der Waals surface area contributed by atoms with E-state index < -0.39 is 0 Å². The molecule has 1 aliphatic heterocycles. The summed E-state index contributed by atoms with van der Waals surface area (Å²) in [4.78, 5) is 13.9. The first-order valence-electron chi connectivity index (χ1n) is 5.49. The smallest absolute Gasteiger partial charge is 0.289 e. The zero-order valence-corrected chi connectivity index (χ0v) is 9.27. The summed E-state index contributed by atoms with van der Waals surface area (Å²) in [5, 5.41) is 0. The average molecular weight is 207 g/mol. The number of rotatable bonds is 1. The Morgan fingerprint density at radius 3 is 2.60 bits per heavy atom. The lowest BCUT2D eigenvalue weighted by molar-refractivity contribution is 0.0591. The molecule has 2 rings (SSSR count). The third-order valence-corrected chi connectivity index (χ3v) is 2.89. The van der Waals surface area contributed by atoms with Crippen LogP contribution in [0.3, 0.4) is 0 Å². The summed E-state index contributed by atoms with van der Waals surface area (Å²) in [5.41, 5.74) is 0. The fourth-order valence-corrected chi connectivity index (χ4v) is 2.38. The molecule has 0 aromatic carbocycles. The summed E-state index contributed by atoms with van der Waals surface area (Å²) in [6.45, 7) is 6.09. The molecule has 82 valence electrons. The summed E-state index contributed by atoms with van der Waals surface area (Å²) in [7, 11) is 0. The van der Waals surface area contributed by atoms with Crippen LogP contribution in [0.25, 0.3) is 0 Å². The van der Waals surface area contributed by atoms with Crippen molar-refractivity contribution in [3.63, 3.8) is 0 Å². The Morgan fingerprint density at radius 1 is 1.40 bits per heavy atom. The van der Waals surface area contributed by atoms with Gasteiger partial charge in [0.1, 0.15) is 0 Å². The molecule has 15 heavy (non-hydrogen) atoms. The van der Waals surface area contributed by atoms with E-state index in [2.05, 4.69) is 13.8 Å². The molecule has 2 unspecified atom stereocenters. The molecule has 0 radical (unpaired) electrons. The highest BCUT2D eigenvalue weighted by molar-refractivity contribution is 5.91. The highest BCUT2D eigenvalue weighted by atomic mass is 16.3. The van der Waals surface area contributed by atoms with Crippen molar-refractivity contribution >= 4 is 5.91 Å². The number of amides is 1. The van der Waals surface area contributed by atoms with Crippen LogP contribution in [0.1, 0.15) is 30.8 Å². The van der Waals surface area contributed by atoms with E-state index in [4.69, 9.17) is 4.42 Å². The van der Waals surface area contributed by atoms with Crippen LogP contribution < -0.4 is 0 Å². The van der Waals surface area contributed by atoms with Crippen LogP contribution in [0.2, 0.25) is 0 Å². The van der Waals surface area contributed by atoms with Crippen LogP contribution in [0.5, 0.6) is 0 Å². The van der Waals surface area contributed by atoms with Crippen LogP contribution in [0, 0.1) is 11.8 Å². The van der Waals surface area contributed by atoms with Crippen molar-refractivity contribution in [1.29, 1.82) is 0 Å². The third-order valence-electron chi connectivity index (χ3n) is 2.89. The predicted molar refractivity (Wildman–Crippen MR) is 57.6 cm³/mol. The van der Waals surface area contributed by atoms with Crippen molar-refractivity contribution in [2.75, 3.05) is 13.1 Å². The predicted octanol–water partition coefficient (Wildman–Crippen LogP) is 2.40. The van der Waals surface area contributed by atoms with Gasteiger partial charge in [0.15, 0.2) is 5.76 Å². The second-order valence-corrected chi connectivity index (χ2v) is 4.63. The minimum atomic E-state index is 0.0263. The first-order chi connectivity index (χ1) is 7.16. The molecule has 1 amide bonds. The third kappa shape index (κ3) is 2.22. The van der Waals surface area contributed by atoms with Crippen molar-refractivity contribution in [3.8, 4) is 0 Å². The monoisotopic (exact) mass is 207 g/mol. The highest BCUT2D eigenvalue weighted by Gasteiger charge is 2.27. The number of piperidine rings is 1. The van der Waals surface area contributed by atoms with Gasteiger partial charge in [0.25, 0.3) is 5.91 Å². The van der Waals surface area contributed by atoms with E-state index >= 15 is 0 Å². The molecule has 0 bridgehead atoms. The van der Waals surface area contributed by atoms with Crippen molar-refractivity contribution in [3.05, 3.63) is 24.2 Å². The molecule has 3 heteroatoms. The van der Waals surface area contributed by atoms with Crippen LogP contribution in [-0.4, -0.2) is 23.9 Å². The minimum absolute atomic E-state index is 0.0263. The van der Waals surface area contributed by atoms with Gasteiger partial charge in [0, 0.05) is 13.1 Å². The van der Waals surface area contributed by atoms with Crippen molar-refractivity contribution < 1.29 is 9.21 Å². The SMILES string of the molecule is CC1CC(C)CN(C(=O)c2ccco2)C1. The minimum Gasteiger partial charge on any atom is -0.459 e. The molecule has 0 N–H and O–H groups in total. The van der Waals surface area contributed by atoms with Crippen molar-refractivity contribution in [1.82, 2.24) is 4.90 Å². The van der Waals surface area contributed by atoms with Gasteiger partial charge in [-0.2, -0.15) is 0 Å². The van der Waals surface area contributed by atoms with Gasteiger partial charge in [-0.1, -0.05) is 13.8 Å². The molecule has 0 aliphatic carbocycles. The van der Waals surface area contributed by atoms with Gasteiger partial charge in [0.05, 0.1) is 6.26 Å². The number of likely N-dealkylation sites (tertiary alicyclic amines) is 1. The molecular formula is C12H17NO2. The lowest BCUT2D eigenvalue weighted by Crippen LogP contribution is -2.42. The molecule has 1 aromatic rings. The van der Waals surface area contributed by atoms with Gasteiger partial charge >= 0.3 is 0 Å². The maximum absolute atomic E-state index is 12.0. The zero-order chi connectivity index (χ0) is 10.8. The Hall–Kier alpha value is -1.25. The summed E-state index contributed by atoms with van der Waals surface area (Å²) < 4.78 is 5.13. The second-order valence-electron chi connectivity index (χ2n) is 4.63. The average Bonchev–Trinajstić information content (AvgIpc) is 2.67. The van der Waals surface area contributed by atoms with Gasteiger partial charge in [-0.25, -0.2) is 0 Å². The molecule has 1 aliphatic rings. The van der Waals surface area contributed by atoms with E-state index in [1.807, 2.05) is 4.90 Å². The first-order valence-corrected chi connectivity index (χ1v) is 5.49. The van der Waals surface area contributed by atoms with E-state index in [0.29, 0.717) is 17.6 Å². The highest BCUT2D eigenvalue weighted by Crippen LogP contribution is 2.22. The van der Waals surface area contributed by atoms with Gasteiger partial charge in [0.2, 0.25) is 0 Å². The Morgan fingerprint density at radius 2 is 2.07 bits per heavy atom. The topological polar surface area (TPSA) is 33.5 Å². The molecule has 1 aromatic heterocycles. The Kier molecular flexibility index (Phi) is 2.80. The number of carbonyl (C=O) groups is 1. The quantitative estimate of drug-likeness (QED) is 0.708. The molecule has 2 heterocycles. The van der Waals surface area contributed by atoms with Gasteiger partial charge in [-0.15, -0.1) is 0 Å². The second kappa shape index (κ2) is 4.09. The number of nitrogens with zero attached hydrogens (tertiary/aromatic N) is 1. The summed E-state index contributed by atoms with van der Waals surface area (Å²) in [6.07, 6.45) is 2.76. The summed E-state index contributed by atoms with van der Waals surface area (Å²) in [5.74, 6) is 1.66. The van der Waals surface area contributed by atoms with E-state index in [1.165, 1.54) is 6.42 Å². The molecule has 0 spiro atoms. The number of carbonyl (C=O) groups excluding carboxylic acids is 1. The number of hydrogen-bond donors (Lipinski definition) is 0. The van der Waals surface area contributed by atoms with Crippen molar-refractivity contribution in [2.24, 2.45) is 11.8 Å². The first kappa shape index (κ1) is 10.3. The molecular weight excluding hydrogens is 190 g/mol. The maximum atomic E-state index is 12.0. The van der Waals surface area contributed by atoms with E-state index in [9.17, 15) is 4.79 Å². The van der Waals surface area contributed by atoms with Crippen LogP contribution in [0.4, 0.5) is 0 Å². The summed E-state index contributed by atoms with van der Waals surface area (Å²) in [6, 6.07) is 3.48. The van der Waals surface area contributed by atoms with Crippen LogP contribution in [-0.2, 0) is 0 Å². The normalized spacial score (nSPS) is 26.7. The number of furan rings is 1. The Bertz CT molecular complexity index is 321. The molecule has 2 atom stereocenters. The van der Waals surface area contributed by atoms with Gasteiger partial charge in [-0.3, -0.25) is 4.79 Å². The Labute approximate surface area is 90.1 Å². The number of hydrogen-bond acceptors (Lipinski definition) is 2. The molecule has 1 saturated heterocycles. The maximum Gasteiger partial charge on any atom is 0.289 e. The molecule has 1 fully saturated rings. The van der Waals surface area contributed by atoms with Gasteiger partial charge < -0.3 is 9.32 Å². The molecule has 0 saturated carbocycles. The van der Waals surface area contributed by atoms with E-state index in [1.54, 1.807) is 18.4 Å².